The molecule has 102 valence electrons. The van der Waals surface area contributed by atoms with Crippen LogP contribution in [-0.4, -0.2) is 5.97 Å². The maximum atomic E-state index is 11.3. The van der Waals surface area contributed by atoms with E-state index in [-0.39, 0.29) is 12.1 Å². The number of aryl methyl sites for hydroxylation is 2. The second-order valence-electron chi connectivity index (χ2n) is 5.36. The van der Waals surface area contributed by atoms with E-state index in [2.05, 4.69) is 48.5 Å². The van der Waals surface area contributed by atoms with Gasteiger partial charge in [-0.05, 0) is 35.1 Å². The van der Waals surface area contributed by atoms with Gasteiger partial charge in [-0.15, -0.1) is 0 Å². The fourth-order valence-corrected chi connectivity index (χ4v) is 2.67. The highest BCUT2D eigenvalue weighted by atomic mass is 16.5. The lowest BCUT2D eigenvalue weighted by Crippen LogP contribution is -2.12. The minimum atomic E-state index is -0.234. The topological polar surface area (TPSA) is 26.3 Å². The number of esters is 1. The lowest BCUT2D eigenvalue weighted by atomic mass is 9.95. The molecule has 0 saturated carbocycles. The van der Waals surface area contributed by atoms with Crippen molar-refractivity contribution < 1.29 is 9.53 Å². The Morgan fingerprint density at radius 1 is 0.900 bits per heavy atom. The highest BCUT2D eigenvalue weighted by Gasteiger charge is 2.16. The molecule has 20 heavy (non-hydrogen) atoms. The molecule has 0 heterocycles. The number of hydrogen-bond donors (Lipinski definition) is 0. The Bertz CT molecular complexity index is 596. The Morgan fingerprint density at radius 3 is 1.95 bits per heavy atom. The quantitative estimate of drug-likeness (QED) is 0.737. The molecule has 2 aromatic carbocycles. The number of hydrogen-bond acceptors (Lipinski definition) is 2. The third-order valence-electron chi connectivity index (χ3n) is 3.81. The van der Waals surface area contributed by atoms with Crippen LogP contribution in [0.15, 0.2) is 48.5 Å². The van der Waals surface area contributed by atoms with Crippen molar-refractivity contribution in [2.75, 3.05) is 0 Å². The molecule has 2 nitrogen and oxygen atoms in total. The Balaban J connectivity index is 1.99. The van der Waals surface area contributed by atoms with Crippen molar-refractivity contribution in [2.24, 2.45) is 0 Å². The predicted octanol–water partition coefficient (Wildman–Crippen LogP) is 3.63. The van der Waals surface area contributed by atoms with Crippen LogP contribution in [0, 0.1) is 0 Å². The SMILES string of the molecule is CC(=O)O[C@H]1Cc2ccc(cc2)CCc2ccc1cc2. The van der Waals surface area contributed by atoms with Gasteiger partial charge in [0.25, 0.3) is 0 Å². The van der Waals surface area contributed by atoms with Crippen LogP contribution < -0.4 is 0 Å². The summed E-state index contributed by atoms with van der Waals surface area (Å²) in [6.07, 6.45) is 2.62. The van der Waals surface area contributed by atoms with Gasteiger partial charge in [0.05, 0.1) is 0 Å². The van der Waals surface area contributed by atoms with Crippen molar-refractivity contribution in [3.05, 3.63) is 70.8 Å². The molecule has 0 aromatic heterocycles. The zero-order chi connectivity index (χ0) is 13.9. The van der Waals surface area contributed by atoms with Crippen molar-refractivity contribution in [1.82, 2.24) is 0 Å². The first-order chi connectivity index (χ1) is 9.70. The molecule has 0 N–H and O–H groups in total. The first-order valence-corrected chi connectivity index (χ1v) is 7.04. The summed E-state index contributed by atoms with van der Waals surface area (Å²) in [6.45, 7) is 1.47. The Morgan fingerprint density at radius 2 is 1.40 bits per heavy atom. The zero-order valence-electron chi connectivity index (χ0n) is 11.6. The van der Waals surface area contributed by atoms with E-state index >= 15 is 0 Å². The number of rotatable bonds is 1. The summed E-state index contributed by atoms with van der Waals surface area (Å²) < 4.78 is 5.49. The lowest BCUT2D eigenvalue weighted by molar-refractivity contribution is -0.146. The van der Waals surface area contributed by atoms with Gasteiger partial charge in [0.2, 0.25) is 0 Å². The average molecular weight is 266 g/mol. The molecule has 0 spiro atoms. The second kappa shape index (κ2) is 5.49. The van der Waals surface area contributed by atoms with Gasteiger partial charge in [0.15, 0.2) is 0 Å². The first kappa shape index (κ1) is 12.9. The summed E-state index contributed by atoms with van der Waals surface area (Å²) in [5.74, 6) is -0.234. The summed E-state index contributed by atoms with van der Waals surface area (Å²) in [7, 11) is 0. The number of ether oxygens (including phenoxy) is 1. The van der Waals surface area contributed by atoms with Crippen molar-refractivity contribution in [2.45, 2.75) is 32.3 Å². The second-order valence-corrected chi connectivity index (χ2v) is 5.36. The minimum Gasteiger partial charge on any atom is -0.457 e. The van der Waals surface area contributed by atoms with Crippen molar-refractivity contribution >= 4 is 5.97 Å². The maximum absolute atomic E-state index is 11.3. The van der Waals surface area contributed by atoms with Gasteiger partial charge < -0.3 is 4.74 Å². The van der Waals surface area contributed by atoms with Gasteiger partial charge in [0, 0.05) is 13.3 Å². The van der Waals surface area contributed by atoms with E-state index in [1.165, 1.54) is 23.6 Å². The van der Waals surface area contributed by atoms with E-state index in [4.69, 9.17) is 4.74 Å². The summed E-state index contributed by atoms with van der Waals surface area (Å²) in [4.78, 5) is 11.3. The van der Waals surface area contributed by atoms with Gasteiger partial charge in [-0.25, -0.2) is 0 Å². The van der Waals surface area contributed by atoms with E-state index < -0.39 is 0 Å². The molecule has 0 radical (unpaired) electrons. The van der Waals surface area contributed by atoms with Crippen LogP contribution in [0.2, 0.25) is 0 Å². The average Bonchev–Trinajstić information content (AvgIpc) is 2.44. The number of carbonyl (C=O) groups is 1. The van der Waals surface area contributed by atoms with Gasteiger partial charge >= 0.3 is 5.97 Å². The van der Waals surface area contributed by atoms with E-state index in [0.717, 1.165) is 24.8 Å². The highest BCUT2D eigenvalue weighted by Crippen LogP contribution is 2.25. The number of carbonyl (C=O) groups excluding carboxylic acids is 1. The number of benzene rings is 2. The van der Waals surface area contributed by atoms with E-state index in [1.807, 2.05) is 0 Å². The Hall–Kier alpha value is -2.09. The molecule has 0 amide bonds. The molecule has 0 unspecified atom stereocenters. The molecule has 6 rings (SSSR count). The summed E-state index contributed by atoms with van der Waals surface area (Å²) in [6, 6.07) is 17.1. The fraction of sp³-hybridized carbons (Fsp3) is 0.278. The Labute approximate surface area is 119 Å². The van der Waals surface area contributed by atoms with Crippen molar-refractivity contribution in [3.63, 3.8) is 0 Å². The lowest BCUT2D eigenvalue weighted by Gasteiger charge is -2.19. The van der Waals surface area contributed by atoms with E-state index in [0.29, 0.717) is 0 Å². The molecule has 2 heteroatoms. The van der Waals surface area contributed by atoms with Crippen LogP contribution in [0.5, 0.6) is 0 Å². The molecule has 4 aliphatic carbocycles. The summed E-state index contributed by atoms with van der Waals surface area (Å²) >= 11 is 0. The molecule has 0 saturated heterocycles. The van der Waals surface area contributed by atoms with Crippen LogP contribution in [0.1, 0.15) is 35.3 Å². The van der Waals surface area contributed by atoms with Crippen LogP contribution in [0.25, 0.3) is 0 Å². The molecular weight excluding hydrogens is 248 g/mol. The largest absolute Gasteiger partial charge is 0.457 e. The van der Waals surface area contributed by atoms with E-state index in [9.17, 15) is 4.79 Å². The molecule has 0 aliphatic heterocycles. The van der Waals surface area contributed by atoms with Crippen LogP contribution >= 0.6 is 0 Å². The third-order valence-corrected chi connectivity index (χ3v) is 3.81. The molecule has 1 atom stereocenters. The van der Waals surface area contributed by atoms with Gasteiger partial charge in [-0.2, -0.15) is 0 Å². The highest BCUT2D eigenvalue weighted by molar-refractivity contribution is 5.66. The van der Waals surface area contributed by atoms with Gasteiger partial charge in [-0.1, -0.05) is 48.5 Å². The predicted molar refractivity (Wildman–Crippen MR) is 78.5 cm³/mol. The minimum absolute atomic E-state index is 0.202. The van der Waals surface area contributed by atoms with Crippen LogP contribution in [0.4, 0.5) is 0 Å². The van der Waals surface area contributed by atoms with Crippen LogP contribution in [-0.2, 0) is 28.8 Å². The molecule has 0 fully saturated rings. The standard InChI is InChI=1S/C18H18O2/c1-13(19)20-18-12-16-6-4-14(5-7-16)2-3-15-8-10-17(18)11-9-15/h4-11,18H,2-3,12H2,1H3/t18-/m0/s1. The monoisotopic (exact) mass is 266 g/mol. The zero-order valence-corrected chi connectivity index (χ0v) is 11.6. The molecule has 2 aromatic rings. The molecule has 4 bridgehead atoms. The smallest absolute Gasteiger partial charge is 0.303 e. The maximum Gasteiger partial charge on any atom is 0.303 e. The van der Waals surface area contributed by atoms with Gasteiger partial charge in [0.1, 0.15) is 6.10 Å². The molecular formula is C18H18O2. The van der Waals surface area contributed by atoms with Crippen molar-refractivity contribution in [1.29, 1.82) is 0 Å². The fourth-order valence-electron chi connectivity index (χ4n) is 2.67. The van der Waals surface area contributed by atoms with Gasteiger partial charge in [-0.3, -0.25) is 4.79 Å². The van der Waals surface area contributed by atoms with E-state index in [1.54, 1.807) is 0 Å². The molecule has 4 aliphatic rings. The first-order valence-electron chi connectivity index (χ1n) is 7.04. The van der Waals surface area contributed by atoms with Crippen molar-refractivity contribution in [3.8, 4) is 0 Å². The normalized spacial score (nSPS) is 17.4. The Kier molecular flexibility index (Phi) is 3.55. The van der Waals surface area contributed by atoms with Crippen LogP contribution in [0.3, 0.4) is 0 Å². The summed E-state index contributed by atoms with van der Waals surface area (Å²) in [5.41, 5.74) is 4.93. The third kappa shape index (κ3) is 2.90. The summed E-state index contributed by atoms with van der Waals surface area (Å²) in [5, 5.41) is 0.